The van der Waals surface area contributed by atoms with E-state index in [1.807, 2.05) is 0 Å². The van der Waals surface area contributed by atoms with E-state index in [2.05, 4.69) is 78.0 Å². The number of halogens is 1. The molecule has 0 nitrogen and oxygen atoms in total. The Morgan fingerprint density at radius 1 is 1.13 bits per heavy atom. The highest BCUT2D eigenvalue weighted by Gasteiger charge is 2.06. The molecule has 1 aromatic carbocycles. The molecule has 0 aliphatic heterocycles. The van der Waals surface area contributed by atoms with Crippen LogP contribution in [0.5, 0.6) is 0 Å². The van der Waals surface area contributed by atoms with E-state index >= 15 is 0 Å². The maximum Gasteiger partial charge on any atom is 0.129 e. The molecule has 0 spiro atoms. The van der Waals surface area contributed by atoms with Crippen LogP contribution >= 0.6 is 22.6 Å². The van der Waals surface area contributed by atoms with Crippen LogP contribution in [-0.4, -0.2) is 8.07 Å². The third-order valence-electron chi connectivity index (χ3n) is 1.92. The quantitative estimate of drug-likeness (QED) is 0.435. The van der Waals surface area contributed by atoms with E-state index in [-0.39, 0.29) is 0 Å². The topological polar surface area (TPSA) is 0 Å². The Morgan fingerprint density at radius 3 is 2.27 bits per heavy atom. The molecule has 0 amide bonds. The molecular formula is C13H17ISi. The Morgan fingerprint density at radius 2 is 1.73 bits per heavy atom. The van der Waals surface area contributed by atoms with Crippen molar-refractivity contribution in [3.63, 3.8) is 0 Å². The van der Waals surface area contributed by atoms with E-state index in [1.54, 1.807) is 0 Å². The van der Waals surface area contributed by atoms with Crippen LogP contribution in [0.1, 0.15) is 12.0 Å². The van der Waals surface area contributed by atoms with Crippen LogP contribution < -0.4 is 0 Å². The molecule has 1 aromatic rings. The van der Waals surface area contributed by atoms with Crippen molar-refractivity contribution >= 4 is 30.7 Å². The average molecular weight is 328 g/mol. The largest absolute Gasteiger partial charge is 0.132 e. The van der Waals surface area contributed by atoms with Crippen molar-refractivity contribution in [3.8, 4) is 11.5 Å². The normalized spacial score (nSPS) is 10.7. The maximum absolute atomic E-state index is 3.39. The molecule has 0 aliphatic carbocycles. The molecule has 0 atom stereocenters. The number of benzene rings is 1. The van der Waals surface area contributed by atoms with Crippen LogP contribution in [-0.2, 0) is 6.42 Å². The first-order valence-corrected chi connectivity index (χ1v) is 9.80. The predicted molar refractivity (Wildman–Crippen MR) is 78.6 cm³/mol. The Bertz CT molecular complexity index is 362. The van der Waals surface area contributed by atoms with Gasteiger partial charge in [-0.25, -0.2) is 0 Å². The van der Waals surface area contributed by atoms with Gasteiger partial charge in [-0.1, -0.05) is 31.8 Å². The van der Waals surface area contributed by atoms with Crippen molar-refractivity contribution < 1.29 is 0 Å². The van der Waals surface area contributed by atoms with E-state index in [0.717, 1.165) is 12.8 Å². The highest BCUT2D eigenvalue weighted by atomic mass is 127. The number of rotatable bonds is 2. The van der Waals surface area contributed by atoms with Crippen LogP contribution in [0.25, 0.3) is 0 Å². The van der Waals surface area contributed by atoms with Gasteiger partial charge < -0.3 is 0 Å². The standard InChI is InChI=1S/C13H17ISi/c1-15(2,3)11-5-4-6-12-7-9-13(14)10-8-12/h7-10H,4,6H2,1-3H3. The molecule has 0 heterocycles. The highest BCUT2D eigenvalue weighted by Crippen LogP contribution is 2.08. The van der Waals surface area contributed by atoms with Gasteiger partial charge in [0.2, 0.25) is 0 Å². The van der Waals surface area contributed by atoms with E-state index in [4.69, 9.17) is 0 Å². The van der Waals surface area contributed by atoms with Crippen molar-refractivity contribution in [2.45, 2.75) is 32.5 Å². The van der Waals surface area contributed by atoms with Gasteiger partial charge in [-0.3, -0.25) is 0 Å². The van der Waals surface area contributed by atoms with E-state index in [0.29, 0.717) is 0 Å². The Kier molecular flexibility index (Phi) is 4.87. The molecule has 0 aromatic heterocycles. The first-order valence-electron chi connectivity index (χ1n) is 5.22. The van der Waals surface area contributed by atoms with Crippen molar-refractivity contribution in [3.05, 3.63) is 33.4 Å². The lowest BCUT2D eigenvalue weighted by molar-refractivity contribution is 1.03. The minimum atomic E-state index is -1.17. The number of hydrogen-bond donors (Lipinski definition) is 0. The Labute approximate surface area is 108 Å². The summed E-state index contributed by atoms with van der Waals surface area (Å²) in [6.07, 6.45) is 2.07. The van der Waals surface area contributed by atoms with Gasteiger partial charge in [0, 0.05) is 9.99 Å². The van der Waals surface area contributed by atoms with Gasteiger partial charge in [0.1, 0.15) is 8.07 Å². The molecule has 0 aliphatic rings. The second kappa shape index (κ2) is 5.71. The second-order valence-electron chi connectivity index (χ2n) is 4.68. The minimum absolute atomic E-state index is 0.991. The highest BCUT2D eigenvalue weighted by molar-refractivity contribution is 14.1. The third-order valence-corrected chi connectivity index (χ3v) is 3.56. The zero-order valence-electron chi connectivity index (χ0n) is 9.60. The average Bonchev–Trinajstić information content (AvgIpc) is 2.14. The van der Waals surface area contributed by atoms with Gasteiger partial charge in [0.25, 0.3) is 0 Å². The summed E-state index contributed by atoms with van der Waals surface area (Å²) in [5.41, 5.74) is 4.78. The SMILES string of the molecule is C[Si](C)(C)C#CCCc1ccc(I)cc1. The van der Waals surface area contributed by atoms with Crippen LogP contribution in [0.4, 0.5) is 0 Å². The molecule has 0 N–H and O–H groups in total. The lowest BCUT2D eigenvalue weighted by Gasteiger charge is -2.03. The summed E-state index contributed by atoms with van der Waals surface area (Å²) in [7, 11) is -1.17. The first-order chi connectivity index (χ1) is 6.97. The van der Waals surface area contributed by atoms with E-state index < -0.39 is 8.07 Å². The van der Waals surface area contributed by atoms with Crippen molar-refractivity contribution in [1.29, 1.82) is 0 Å². The minimum Gasteiger partial charge on any atom is -0.132 e. The van der Waals surface area contributed by atoms with Crippen molar-refractivity contribution in [2.75, 3.05) is 0 Å². The van der Waals surface area contributed by atoms with Gasteiger partial charge in [0.05, 0.1) is 0 Å². The fourth-order valence-corrected chi connectivity index (χ4v) is 2.20. The lowest BCUT2D eigenvalue weighted by atomic mass is 10.1. The van der Waals surface area contributed by atoms with Crippen molar-refractivity contribution in [2.24, 2.45) is 0 Å². The molecule has 0 unspecified atom stereocenters. The summed E-state index contributed by atoms with van der Waals surface area (Å²) in [5, 5.41) is 0. The fraction of sp³-hybridized carbons (Fsp3) is 0.385. The molecule has 0 saturated carbocycles. The van der Waals surface area contributed by atoms with Crippen LogP contribution in [0, 0.1) is 15.0 Å². The van der Waals surface area contributed by atoms with Gasteiger partial charge in [-0.2, -0.15) is 0 Å². The maximum atomic E-state index is 3.39. The fourth-order valence-electron chi connectivity index (χ4n) is 1.19. The van der Waals surface area contributed by atoms with E-state index in [1.165, 1.54) is 9.13 Å². The predicted octanol–water partition coefficient (Wildman–Crippen LogP) is 4.10. The molecule has 1 rings (SSSR count). The van der Waals surface area contributed by atoms with E-state index in [9.17, 15) is 0 Å². The molecule has 0 saturated heterocycles. The zero-order chi connectivity index (χ0) is 11.3. The van der Waals surface area contributed by atoms with Gasteiger partial charge in [-0.15, -0.1) is 11.5 Å². The van der Waals surface area contributed by atoms with Gasteiger partial charge in [0.15, 0.2) is 0 Å². The van der Waals surface area contributed by atoms with Crippen LogP contribution in [0.3, 0.4) is 0 Å². The summed E-state index contributed by atoms with van der Waals surface area (Å²) >= 11 is 2.33. The number of aryl methyl sites for hydroxylation is 1. The zero-order valence-corrected chi connectivity index (χ0v) is 12.8. The first kappa shape index (κ1) is 12.8. The molecule has 2 heteroatoms. The lowest BCUT2D eigenvalue weighted by Crippen LogP contribution is -2.16. The monoisotopic (exact) mass is 328 g/mol. The molecule has 80 valence electrons. The summed E-state index contributed by atoms with van der Waals surface area (Å²) in [5.74, 6) is 3.30. The van der Waals surface area contributed by atoms with Crippen molar-refractivity contribution in [1.82, 2.24) is 0 Å². The Balaban J connectivity index is 2.44. The molecule has 0 radical (unpaired) electrons. The van der Waals surface area contributed by atoms with Gasteiger partial charge in [-0.05, 0) is 46.7 Å². The summed E-state index contributed by atoms with van der Waals surface area (Å²) in [6.45, 7) is 6.85. The molecule has 0 fully saturated rings. The van der Waals surface area contributed by atoms with Crippen LogP contribution in [0.15, 0.2) is 24.3 Å². The smallest absolute Gasteiger partial charge is 0.129 e. The molecule has 0 bridgehead atoms. The summed E-state index contributed by atoms with van der Waals surface area (Å²) < 4.78 is 1.30. The molecule has 15 heavy (non-hydrogen) atoms. The third kappa shape index (κ3) is 6.01. The second-order valence-corrected chi connectivity index (χ2v) is 10.7. The van der Waals surface area contributed by atoms with Gasteiger partial charge >= 0.3 is 0 Å². The molecular weight excluding hydrogens is 311 g/mol. The summed E-state index contributed by atoms with van der Waals surface area (Å²) in [6, 6.07) is 8.69. The summed E-state index contributed by atoms with van der Waals surface area (Å²) in [4.78, 5) is 0. The Hall–Kier alpha value is -0.273. The van der Waals surface area contributed by atoms with Crippen LogP contribution in [0.2, 0.25) is 19.6 Å². The number of hydrogen-bond acceptors (Lipinski definition) is 0.